The van der Waals surface area contributed by atoms with E-state index in [-0.39, 0.29) is 0 Å². The van der Waals surface area contributed by atoms with E-state index in [0.717, 1.165) is 6.04 Å². The van der Waals surface area contributed by atoms with Gasteiger partial charge in [-0.25, -0.2) is 0 Å². The van der Waals surface area contributed by atoms with Gasteiger partial charge in [0.1, 0.15) is 0 Å². The standard InChI is InChI=1S/C10H17N/c1-9-5-7-11-6-3-2-4-10(11)8-9/h8,10H,2-7H2,1H3. The van der Waals surface area contributed by atoms with Crippen LogP contribution in [0.2, 0.25) is 0 Å². The van der Waals surface area contributed by atoms with Crippen molar-refractivity contribution < 1.29 is 0 Å². The molecule has 0 aromatic rings. The number of rotatable bonds is 0. The van der Waals surface area contributed by atoms with Crippen LogP contribution in [0.1, 0.15) is 32.6 Å². The van der Waals surface area contributed by atoms with Gasteiger partial charge in [0.05, 0.1) is 0 Å². The van der Waals surface area contributed by atoms with Gasteiger partial charge in [-0.2, -0.15) is 0 Å². The van der Waals surface area contributed by atoms with Crippen molar-refractivity contribution in [2.24, 2.45) is 0 Å². The van der Waals surface area contributed by atoms with Crippen molar-refractivity contribution in [2.75, 3.05) is 13.1 Å². The van der Waals surface area contributed by atoms with Crippen LogP contribution < -0.4 is 0 Å². The molecule has 0 spiro atoms. The summed E-state index contributed by atoms with van der Waals surface area (Å²) in [5.41, 5.74) is 1.60. The Kier molecular flexibility index (Phi) is 1.99. The monoisotopic (exact) mass is 151 g/mol. The Bertz CT molecular complexity index is 172. The van der Waals surface area contributed by atoms with Gasteiger partial charge in [-0.1, -0.05) is 18.1 Å². The quantitative estimate of drug-likeness (QED) is 0.480. The summed E-state index contributed by atoms with van der Waals surface area (Å²) < 4.78 is 0. The van der Waals surface area contributed by atoms with Crippen LogP contribution >= 0.6 is 0 Å². The largest absolute Gasteiger partial charge is 0.297 e. The van der Waals surface area contributed by atoms with Crippen molar-refractivity contribution in [3.05, 3.63) is 11.6 Å². The molecule has 1 saturated heterocycles. The van der Waals surface area contributed by atoms with Crippen LogP contribution in [-0.2, 0) is 0 Å². The second kappa shape index (κ2) is 2.98. The number of hydrogen-bond acceptors (Lipinski definition) is 1. The van der Waals surface area contributed by atoms with Crippen molar-refractivity contribution >= 4 is 0 Å². The van der Waals surface area contributed by atoms with E-state index in [1.54, 1.807) is 5.57 Å². The summed E-state index contributed by atoms with van der Waals surface area (Å²) in [5, 5.41) is 0. The van der Waals surface area contributed by atoms with Gasteiger partial charge in [0.2, 0.25) is 0 Å². The lowest BCUT2D eigenvalue weighted by molar-refractivity contribution is 0.172. The second-order valence-corrected chi connectivity index (χ2v) is 3.86. The van der Waals surface area contributed by atoms with E-state index >= 15 is 0 Å². The van der Waals surface area contributed by atoms with Gasteiger partial charge in [0.15, 0.2) is 0 Å². The molecule has 2 aliphatic heterocycles. The molecule has 0 aromatic heterocycles. The molecular weight excluding hydrogens is 134 g/mol. The molecule has 0 saturated carbocycles. The Balaban J connectivity index is 2.07. The molecule has 0 aliphatic carbocycles. The van der Waals surface area contributed by atoms with Crippen LogP contribution in [0.5, 0.6) is 0 Å². The number of nitrogens with zero attached hydrogens (tertiary/aromatic N) is 1. The average molecular weight is 151 g/mol. The van der Waals surface area contributed by atoms with Crippen molar-refractivity contribution in [3.63, 3.8) is 0 Å². The Labute approximate surface area is 69.1 Å². The summed E-state index contributed by atoms with van der Waals surface area (Å²) >= 11 is 0. The van der Waals surface area contributed by atoms with E-state index in [9.17, 15) is 0 Å². The fourth-order valence-corrected chi connectivity index (χ4v) is 2.21. The minimum atomic E-state index is 0.803. The highest BCUT2D eigenvalue weighted by atomic mass is 15.2. The minimum absolute atomic E-state index is 0.803. The Morgan fingerprint density at radius 1 is 1.36 bits per heavy atom. The molecule has 62 valence electrons. The normalized spacial score (nSPS) is 32.8. The van der Waals surface area contributed by atoms with Crippen LogP contribution in [0, 0.1) is 0 Å². The third kappa shape index (κ3) is 1.48. The van der Waals surface area contributed by atoms with Crippen LogP contribution in [0.25, 0.3) is 0 Å². The Morgan fingerprint density at radius 3 is 3.18 bits per heavy atom. The maximum atomic E-state index is 2.64. The third-order valence-corrected chi connectivity index (χ3v) is 2.93. The van der Waals surface area contributed by atoms with Crippen LogP contribution in [-0.4, -0.2) is 24.0 Å². The van der Waals surface area contributed by atoms with Crippen LogP contribution in [0.4, 0.5) is 0 Å². The highest BCUT2D eigenvalue weighted by Gasteiger charge is 2.22. The third-order valence-electron chi connectivity index (χ3n) is 2.93. The molecule has 2 rings (SSSR count). The summed E-state index contributed by atoms with van der Waals surface area (Å²) in [7, 11) is 0. The van der Waals surface area contributed by atoms with Gasteiger partial charge in [-0.15, -0.1) is 0 Å². The molecule has 0 amide bonds. The predicted octanol–water partition coefficient (Wildman–Crippen LogP) is 2.19. The van der Waals surface area contributed by atoms with Gasteiger partial charge in [0.25, 0.3) is 0 Å². The Morgan fingerprint density at radius 2 is 2.27 bits per heavy atom. The SMILES string of the molecule is CC1=CC2CCCCN2CC1. The lowest BCUT2D eigenvalue weighted by Gasteiger charge is -2.37. The first kappa shape index (κ1) is 7.35. The summed E-state index contributed by atoms with van der Waals surface area (Å²) in [6.07, 6.45) is 8.03. The number of hydrogen-bond donors (Lipinski definition) is 0. The van der Waals surface area contributed by atoms with Gasteiger partial charge < -0.3 is 0 Å². The first-order valence-corrected chi connectivity index (χ1v) is 4.77. The maximum absolute atomic E-state index is 2.64. The fourth-order valence-electron chi connectivity index (χ4n) is 2.21. The molecule has 2 heterocycles. The van der Waals surface area contributed by atoms with Crippen molar-refractivity contribution in [1.29, 1.82) is 0 Å². The molecule has 1 nitrogen and oxygen atoms in total. The summed E-state index contributed by atoms with van der Waals surface area (Å²) in [6.45, 7) is 4.92. The van der Waals surface area contributed by atoms with Crippen molar-refractivity contribution in [2.45, 2.75) is 38.6 Å². The fraction of sp³-hybridized carbons (Fsp3) is 0.800. The van der Waals surface area contributed by atoms with E-state index < -0.39 is 0 Å². The highest BCUT2D eigenvalue weighted by Crippen LogP contribution is 2.24. The van der Waals surface area contributed by atoms with Gasteiger partial charge in [-0.3, -0.25) is 4.90 Å². The molecule has 1 atom stereocenters. The van der Waals surface area contributed by atoms with Gasteiger partial charge >= 0.3 is 0 Å². The van der Waals surface area contributed by atoms with E-state index in [1.807, 2.05) is 0 Å². The van der Waals surface area contributed by atoms with Gasteiger partial charge in [0, 0.05) is 12.6 Å². The zero-order valence-corrected chi connectivity index (χ0v) is 7.34. The van der Waals surface area contributed by atoms with Crippen LogP contribution in [0.15, 0.2) is 11.6 Å². The van der Waals surface area contributed by atoms with Crippen molar-refractivity contribution in [1.82, 2.24) is 4.90 Å². The molecule has 0 radical (unpaired) electrons. The van der Waals surface area contributed by atoms with Crippen LogP contribution in [0.3, 0.4) is 0 Å². The lowest BCUT2D eigenvalue weighted by atomic mass is 9.95. The first-order chi connectivity index (χ1) is 5.36. The predicted molar refractivity (Wildman–Crippen MR) is 47.6 cm³/mol. The zero-order chi connectivity index (χ0) is 7.68. The summed E-state index contributed by atoms with van der Waals surface area (Å²) in [5.74, 6) is 0. The lowest BCUT2D eigenvalue weighted by Crippen LogP contribution is -2.41. The molecule has 1 heteroatoms. The molecular formula is C10H17N. The molecule has 1 unspecified atom stereocenters. The molecule has 2 aliphatic rings. The van der Waals surface area contributed by atoms with E-state index in [0.29, 0.717) is 0 Å². The summed E-state index contributed by atoms with van der Waals surface area (Å²) in [6, 6.07) is 0.803. The average Bonchev–Trinajstić information content (AvgIpc) is 2.04. The maximum Gasteiger partial charge on any atom is 0.0280 e. The van der Waals surface area contributed by atoms with Gasteiger partial charge in [-0.05, 0) is 32.7 Å². The minimum Gasteiger partial charge on any atom is -0.297 e. The smallest absolute Gasteiger partial charge is 0.0280 e. The van der Waals surface area contributed by atoms with E-state index in [2.05, 4.69) is 17.9 Å². The molecule has 0 bridgehead atoms. The number of fused-ring (bicyclic) bond motifs is 1. The molecule has 1 fully saturated rings. The number of piperidine rings is 1. The zero-order valence-electron chi connectivity index (χ0n) is 7.34. The topological polar surface area (TPSA) is 3.24 Å². The van der Waals surface area contributed by atoms with Crippen molar-refractivity contribution in [3.8, 4) is 0 Å². The van der Waals surface area contributed by atoms with E-state index in [1.165, 1.54) is 38.8 Å². The Hall–Kier alpha value is -0.300. The molecule has 11 heavy (non-hydrogen) atoms. The van der Waals surface area contributed by atoms with E-state index in [4.69, 9.17) is 0 Å². The molecule has 0 N–H and O–H groups in total. The highest BCUT2D eigenvalue weighted by molar-refractivity contribution is 5.09. The second-order valence-electron chi connectivity index (χ2n) is 3.86. The summed E-state index contributed by atoms with van der Waals surface area (Å²) in [4.78, 5) is 2.64. The first-order valence-electron chi connectivity index (χ1n) is 4.77. The molecule has 0 aromatic carbocycles.